The van der Waals surface area contributed by atoms with E-state index in [1.165, 1.54) is 32.1 Å². The highest BCUT2D eigenvalue weighted by Gasteiger charge is 2.68. The first kappa shape index (κ1) is 7.28. The van der Waals surface area contributed by atoms with Crippen molar-refractivity contribution in [3.8, 4) is 0 Å². The van der Waals surface area contributed by atoms with Gasteiger partial charge in [0, 0.05) is 5.41 Å². The molecule has 0 aromatic rings. The molecule has 13 heavy (non-hydrogen) atoms. The molecular formula is C12H18O. The summed E-state index contributed by atoms with van der Waals surface area (Å²) >= 11 is 0. The smallest absolute Gasteiger partial charge is 0.0604 e. The highest BCUT2D eigenvalue weighted by Crippen LogP contribution is 2.73. The largest absolute Gasteiger partial charge is 0.393 e. The Labute approximate surface area is 79.5 Å². The van der Waals surface area contributed by atoms with E-state index in [1.54, 1.807) is 0 Å². The first-order chi connectivity index (χ1) is 6.30. The van der Waals surface area contributed by atoms with Crippen molar-refractivity contribution in [1.29, 1.82) is 0 Å². The van der Waals surface area contributed by atoms with Crippen molar-refractivity contribution < 1.29 is 5.11 Å². The zero-order chi connectivity index (χ0) is 8.63. The second-order valence-corrected chi connectivity index (χ2v) is 6.05. The summed E-state index contributed by atoms with van der Waals surface area (Å²) in [4.78, 5) is 0. The molecule has 0 heterocycles. The average molecular weight is 178 g/mol. The van der Waals surface area contributed by atoms with E-state index < -0.39 is 0 Å². The monoisotopic (exact) mass is 178 g/mol. The molecule has 1 N–H and O–H groups in total. The molecule has 0 amide bonds. The molecule has 72 valence electrons. The van der Waals surface area contributed by atoms with Gasteiger partial charge in [0.25, 0.3) is 0 Å². The van der Waals surface area contributed by atoms with E-state index >= 15 is 0 Å². The number of hydrogen-bond donors (Lipinski definition) is 1. The summed E-state index contributed by atoms with van der Waals surface area (Å²) in [7, 11) is 0. The SMILES string of the molecule is O[C@@H]1CC2CC3C4CCC(C4)C31C2. The van der Waals surface area contributed by atoms with Crippen LogP contribution in [0, 0.1) is 29.1 Å². The standard InChI is InChI=1S/C12H18O/c13-11-4-7-3-10-8-1-2-9(5-8)12(10,11)6-7/h7-11,13H,1-6H2/t7?,8?,9?,10?,11-,12?/m1/s1. The van der Waals surface area contributed by atoms with Gasteiger partial charge in [-0.15, -0.1) is 0 Å². The van der Waals surface area contributed by atoms with E-state index in [0.29, 0.717) is 5.41 Å². The minimum Gasteiger partial charge on any atom is -0.393 e. The Balaban J connectivity index is 1.85. The highest BCUT2D eigenvalue weighted by atomic mass is 16.3. The van der Waals surface area contributed by atoms with E-state index in [4.69, 9.17) is 0 Å². The molecule has 0 aliphatic heterocycles. The Kier molecular flexibility index (Phi) is 1.11. The van der Waals surface area contributed by atoms with Crippen molar-refractivity contribution in [2.45, 2.75) is 44.6 Å². The molecule has 1 heteroatoms. The summed E-state index contributed by atoms with van der Waals surface area (Å²) in [6, 6.07) is 0. The molecule has 4 rings (SSSR count). The molecule has 0 aromatic carbocycles. The van der Waals surface area contributed by atoms with Crippen LogP contribution in [0.25, 0.3) is 0 Å². The van der Waals surface area contributed by atoms with Gasteiger partial charge < -0.3 is 5.11 Å². The van der Waals surface area contributed by atoms with Crippen LogP contribution in [0.2, 0.25) is 0 Å². The van der Waals surface area contributed by atoms with Gasteiger partial charge in [0.15, 0.2) is 0 Å². The Bertz CT molecular complexity index is 262. The van der Waals surface area contributed by atoms with Gasteiger partial charge in [-0.25, -0.2) is 0 Å². The van der Waals surface area contributed by atoms with Crippen molar-refractivity contribution in [2.75, 3.05) is 0 Å². The summed E-state index contributed by atoms with van der Waals surface area (Å²) in [5, 5.41) is 10.2. The van der Waals surface area contributed by atoms with Crippen LogP contribution in [0.4, 0.5) is 0 Å². The van der Waals surface area contributed by atoms with Crippen molar-refractivity contribution in [3.63, 3.8) is 0 Å². The molecular weight excluding hydrogens is 160 g/mol. The first-order valence-corrected chi connectivity index (χ1v) is 5.99. The molecule has 4 fully saturated rings. The fourth-order valence-electron chi connectivity index (χ4n) is 5.65. The van der Waals surface area contributed by atoms with E-state index in [-0.39, 0.29) is 6.10 Å². The van der Waals surface area contributed by atoms with Gasteiger partial charge in [-0.05, 0) is 62.2 Å². The third-order valence-corrected chi connectivity index (χ3v) is 5.90. The third kappa shape index (κ3) is 0.614. The summed E-state index contributed by atoms with van der Waals surface area (Å²) in [6.45, 7) is 0. The predicted molar refractivity (Wildman–Crippen MR) is 50.1 cm³/mol. The fourth-order valence-corrected chi connectivity index (χ4v) is 5.65. The van der Waals surface area contributed by atoms with Crippen LogP contribution in [0.1, 0.15) is 38.5 Å². The van der Waals surface area contributed by atoms with Crippen LogP contribution >= 0.6 is 0 Å². The first-order valence-electron chi connectivity index (χ1n) is 5.99. The molecule has 4 aliphatic carbocycles. The van der Waals surface area contributed by atoms with Crippen LogP contribution in [0.5, 0.6) is 0 Å². The topological polar surface area (TPSA) is 20.2 Å². The van der Waals surface area contributed by atoms with Gasteiger partial charge in [-0.2, -0.15) is 0 Å². The Morgan fingerprint density at radius 3 is 2.77 bits per heavy atom. The molecule has 4 aliphatic rings. The Morgan fingerprint density at radius 2 is 2.00 bits per heavy atom. The van der Waals surface area contributed by atoms with E-state index in [0.717, 1.165) is 30.1 Å². The summed E-state index contributed by atoms with van der Waals surface area (Å²) < 4.78 is 0. The third-order valence-electron chi connectivity index (χ3n) is 5.90. The lowest BCUT2D eigenvalue weighted by Gasteiger charge is -2.42. The summed E-state index contributed by atoms with van der Waals surface area (Å²) in [6.07, 6.45) is 8.47. The van der Waals surface area contributed by atoms with Crippen LogP contribution in [-0.2, 0) is 0 Å². The number of fused-ring (bicyclic) bond motifs is 4. The molecule has 0 aromatic heterocycles. The quantitative estimate of drug-likeness (QED) is 0.603. The molecule has 4 bridgehead atoms. The van der Waals surface area contributed by atoms with Crippen LogP contribution < -0.4 is 0 Å². The van der Waals surface area contributed by atoms with Gasteiger partial charge in [-0.3, -0.25) is 0 Å². The Morgan fingerprint density at radius 1 is 1.08 bits per heavy atom. The normalized spacial score (nSPS) is 67.6. The maximum atomic E-state index is 10.2. The lowest BCUT2D eigenvalue weighted by Crippen LogP contribution is -2.41. The fraction of sp³-hybridized carbons (Fsp3) is 1.00. The molecule has 1 nitrogen and oxygen atoms in total. The molecule has 1 spiro atoms. The maximum Gasteiger partial charge on any atom is 0.0604 e. The van der Waals surface area contributed by atoms with Gasteiger partial charge >= 0.3 is 0 Å². The van der Waals surface area contributed by atoms with Crippen molar-refractivity contribution in [3.05, 3.63) is 0 Å². The predicted octanol–water partition coefficient (Wildman–Crippen LogP) is 2.19. The maximum absolute atomic E-state index is 10.2. The molecule has 6 atom stereocenters. The molecule has 0 saturated heterocycles. The minimum absolute atomic E-state index is 0.0894. The van der Waals surface area contributed by atoms with E-state index in [1.807, 2.05) is 0 Å². The highest BCUT2D eigenvalue weighted by molar-refractivity contribution is 5.17. The van der Waals surface area contributed by atoms with Gasteiger partial charge in [0.05, 0.1) is 6.10 Å². The van der Waals surface area contributed by atoms with Crippen molar-refractivity contribution >= 4 is 0 Å². The van der Waals surface area contributed by atoms with Crippen LogP contribution in [-0.4, -0.2) is 11.2 Å². The van der Waals surface area contributed by atoms with Crippen molar-refractivity contribution in [1.82, 2.24) is 0 Å². The zero-order valence-electron chi connectivity index (χ0n) is 8.08. The zero-order valence-corrected chi connectivity index (χ0v) is 8.08. The number of hydrogen-bond acceptors (Lipinski definition) is 1. The lowest BCUT2D eigenvalue weighted by atomic mass is 9.65. The number of rotatable bonds is 0. The van der Waals surface area contributed by atoms with E-state index in [2.05, 4.69) is 0 Å². The summed E-state index contributed by atoms with van der Waals surface area (Å²) in [5.41, 5.74) is 0.452. The number of aliphatic hydroxyl groups is 1. The lowest BCUT2D eigenvalue weighted by molar-refractivity contribution is -0.0344. The van der Waals surface area contributed by atoms with Crippen molar-refractivity contribution in [2.24, 2.45) is 29.1 Å². The second kappa shape index (κ2) is 1.98. The van der Waals surface area contributed by atoms with Crippen LogP contribution in [0.3, 0.4) is 0 Å². The molecule has 5 unspecified atom stereocenters. The minimum atomic E-state index is 0.0894. The van der Waals surface area contributed by atoms with E-state index in [9.17, 15) is 5.11 Å². The van der Waals surface area contributed by atoms with Gasteiger partial charge in [0.1, 0.15) is 0 Å². The Hall–Kier alpha value is -0.0400. The van der Waals surface area contributed by atoms with Crippen LogP contribution in [0.15, 0.2) is 0 Å². The average Bonchev–Trinajstić information content (AvgIpc) is 2.76. The number of aliphatic hydroxyl groups excluding tert-OH is 1. The van der Waals surface area contributed by atoms with Gasteiger partial charge in [0.2, 0.25) is 0 Å². The molecule has 0 radical (unpaired) electrons. The van der Waals surface area contributed by atoms with Gasteiger partial charge in [-0.1, -0.05) is 0 Å². The molecule has 4 saturated carbocycles. The summed E-state index contributed by atoms with van der Waals surface area (Å²) in [5.74, 6) is 3.79. The second-order valence-electron chi connectivity index (χ2n) is 6.05.